The van der Waals surface area contributed by atoms with Gasteiger partial charge >= 0.3 is 0 Å². The Kier molecular flexibility index (Phi) is 4.51. The molecule has 0 amide bonds. The van der Waals surface area contributed by atoms with Gasteiger partial charge in [-0.3, -0.25) is 0 Å². The lowest BCUT2D eigenvalue weighted by atomic mass is 10.1. The van der Waals surface area contributed by atoms with Gasteiger partial charge in [0.1, 0.15) is 11.6 Å². The van der Waals surface area contributed by atoms with Crippen LogP contribution in [0.4, 0.5) is 8.78 Å². The monoisotopic (exact) mass is 417 g/mol. The van der Waals surface area contributed by atoms with E-state index in [1.54, 1.807) is 4.68 Å². The number of hydrogen-bond donors (Lipinski definition) is 1. The normalized spacial score (nSPS) is 11.2. The molecule has 0 aliphatic rings. The van der Waals surface area contributed by atoms with E-state index in [1.165, 1.54) is 30.7 Å². The van der Waals surface area contributed by atoms with Crippen molar-refractivity contribution in [1.82, 2.24) is 34.9 Å². The lowest BCUT2D eigenvalue weighted by Crippen LogP contribution is -2.04. The molecule has 5 rings (SSSR count). The van der Waals surface area contributed by atoms with Crippen molar-refractivity contribution in [3.63, 3.8) is 0 Å². The van der Waals surface area contributed by atoms with Gasteiger partial charge in [-0.25, -0.2) is 33.4 Å². The Bertz CT molecular complexity index is 1380. The van der Waals surface area contributed by atoms with Crippen LogP contribution in [0.3, 0.4) is 0 Å². The van der Waals surface area contributed by atoms with E-state index in [1.807, 2.05) is 24.3 Å². The second-order valence-electron chi connectivity index (χ2n) is 6.77. The lowest BCUT2D eigenvalue weighted by molar-refractivity contribution is 0.470. The molecule has 31 heavy (non-hydrogen) atoms. The van der Waals surface area contributed by atoms with Crippen LogP contribution in [0.5, 0.6) is 5.75 Å². The zero-order valence-corrected chi connectivity index (χ0v) is 15.8. The van der Waals surface area contributed by atoms with E-state index in [0.717, 1.165) is 17.2 Å². The summed E-state index contributed by atoms with van der Waals surface area (Å²) in [6.07, 6.45) is 4.05. The molecule has 5 aromatic rings. The van der Waals surface area contributed by atoms with E-state index >= 15 is 0 Å². The molecular formula is C21H13F2N7O. The zero-order valence-electron chi connectivity index (χ0n) is 15.8. The van der Waals surface area contributed by atoms with Crippen LogP contribution in [-0.2, 0) is 6.54 Å². The number of hydrogen-bond acceptors (Lipinski definition) is 7. The number of rotatable bonds is 4. The topological polar surface area (TPSA) is 102 Å². The Morgan fingerprint density at radius 2 is 1.65 bits per heavy atom. The average molecular weight is 417 g/mol. The Balaban J connectivity index is 1.50. The van der Waals surface area contributed by atoms with Gasteiger partial charge in [-0.05, 0) is 23.8 Å². The minimum Gasteiger partial charge on any atom is -0.505 e. The summed E-state index contributed by atoms with van der Waals surface area (Å²) < 4.78 is 28.7. The van der Waals surface area contributed by atoms with E-state index < -0.39 is 11.6 Å². The Morgan fingerprint density at radius 1 is 0.871 bits per heavy atom. The van der Waals surface area contributed by atoms with Gasteiger partial charge in [0.2, 0.25) is 5.65 Å². The maximum Gasteiger partial charge on any atom is 0.221 e. The highest BCUT2D eigenvalue weighted by Crippen LogP contribution is 2.22. The Morgan fingerprint density at radius 3 is 2.42 bits per heavy atom. The van der Waals surface area contributed by atoms with Crippen molar-refractivity contribution in [3.8, 4) is 28.4 Å². The molecule has 2 aromatic carbocycles. The van der Waals surface area contributed by atoms with Crippen LogP contribution >= 0.6 is 0 Å². The van der Waals surface area contributed by atoms with Gasteiger partial charge in [0.15, 0.2) is 17.2 Å². The average Bonchev–Trinajstić information content (AvgIpc) is 3.16. The molecule has 0 saturated carbocycles. The molecule has 3 aromatic heterocycles. The molecule has 152 valence electrons. The molecule has 10 heteroatoms. The molecule has 0 unspecified atom stereocenters. The molecule has 0 saturated heterocycles. The first-order chi connectivity index (χ1) is 15.0. The summed E-state index contributed by atoms with van der Waals surface area (Å²) in [6, 6.07) is 10.7. The van der Waals surface area contributed by atoms with Gasteiger partial charge in [0.05, 0.1) is 30.8 Å². The zero-order chi connectivity index (χ0) is 21.4. The van der Waals surface area contributed by atoms with Crippen LogP contribution in [-0.4, -0.2) is 40.0 Å². The van der Waals surface area contributed by atoms with Gasteiger partial charge in [0, 0.05) is 17.2 Å². The van der Waals surface area contributed by atoms with Crippen LogP contribution in [0.15, 0.2) is 61.1 Å². The summed E-state index contributed by atoms with van der Waals surface area (Å²) in [6.45, 7) is 0.331. The summed E-state index contributed by atoms with van der Waals surface area (Å²) in [5.41, 5.74) is 2.92. The smallest absolute Gasteiger partial charge is 0.221 e. The highest BCUT2D eigenvalue weighted by Gasteiger charge is 2.12. The fraction of sp³-hybridized carbons (Fsp3) is 0.0476. The summed E-state index contributed by atoms with van der Waals surface area (Å²) in [5.74, 6) is -0.937. The maximum absolute atomic E-state index is 13.6. The van der Waals surface area contributed by atoms with Crippen molar-refractivity contribution in [1.29, 1.82) is 0 Å². The molecule has 0 bridgehead atoms. The van der Waals surface area contributed by atoms with E-state index in [9.17, 15) is 13.9 Å². The van der Waals surface area contributed by atoms with E-state index in [2.05, 4.69) is 30.2 Å². The van der Waals surface area contributed by atoms with Crippen LogP contribution in [0.25, 0.3) is 33.9 Å². The molecule has 8 nitrogen and oxygen atoms in total. The van der Waals surface area contributed by atoms with Crippen molar-refractivity contribution in [2.24, 2.45) is 0 Å². The highest BCUT2D eigenvalue weighted by molar-refractivity contribution is 5.70. The molecule has 1 N–H and O–H groups in total. The standard InChI is InChI=1S/C21H13F2N7O/c22-15-5-14(6-16(23)7-15)18-10-26-20-21(27-18)30(29-28-20)11-12-2-1-3-13(4-12)19-24-8-17(31)9-25-19/h1-10,31H,11H2. The van der Waals surface area contributed by atoms with Crippen molar-refractivity contribution < 1.29 is 13.9 Å². The minimum atomic E-state index is -0.697. The van der Waals surface area contributed by atoms with Crippen LogP contribution in [0, 0.1) is 11.6 Å². The minimum absolute atomic E-state index is 0.0125. The molecule has 0 spiro atoms. The van der Waals surface area contributed by atoms with E-state index in [-0.39, 0.29) is 11.3 Å². The summed E-state index contributed by atoms with van der Waals surface area (Å²) in [7, 11) is 0. The predicted octanol–water partition coefficient (Wildman–Crippen LogP) is 3.38. The third-order valence-electron chi connectivity index (χ3n) is 4.54. The van der Waals surface area contributed by atoms with Crippen molar-refractivity contribution in [2.45, 2.75) is 6.54 Å². The first-order valence-electron chi connectivity index (χ1n) is 9.18. The fourth-order valence-corrected chi connectivity index (χ4v) is 3.15. The molecule has 0 fully saturated rings. The van der Waals surface area contributed by atoms with Crippen molar-refractivity contribution >= 4 is 11.3 Å². The van der Waals surface area contributed by atoms with Crippen molar-refractivity contribution in [2.75, 3.05) is 0 Å². The molecule has 0 radical (unpaired) electrons. The van der Waals surface area contributed by atoms with Crippen LogP contribution in [0.1, 0.15) is 5.56 Å². The SMILES string of the molecule is Oc1cnc(-c2cccc(Cn3nnc4ncc(-c5cc(F)cc(F)c5)nc43)c2)nc1. The number of fused-ring (bicyclic) bond motifs is 1. The number of aromatic nitrogens is 7. The third kappa shape index (κ3) is 3.78. The van der Waals surface area contributed by atoms with Gasteiger partial charge < -0.3 is 5.11 Å². The summed E-state index contributed by atoms with van der Waals surface area (Å²) in [5, 5.41) is 17.5. The van der Waals surface area contributed by atoms with Crippen molar-refractivity contribution in [3.05, 3.63) is 78.3 Å². The number of nitrogens with zero attached hydrogens (tertiary/aromatic N) is 7. The first-order valence-corrected chi connectivity index (χ1v) is 9.18. The number of benzene rings is 2. The van der Waals surface area contributed by atoms with Crippen LogP contribution < -0.4 is 0 Å². The maximum atomic E-state index is 13.6. The number of halogens is 2. The molecule has 3 heterocycles. The second kappa shape index (κ2) is 7.48. The van der Waals surface area contributed by atoms with Crippen LogP contribution in [0.2, 0.25) is 0 Å². The summed E-state index contributed by atoms with van der Waals surface area (Å²) in [4.78, 5) is 16.9. The van der Waals surface area contributed by atoms with Gasteiger partial charge in [-0.2, -0.15) is 0 Å². The number of aromatic hydroxyl groups is 1. The Hall–Kier alpha value is -4.34. The predicted molar refractivity (Wildman–Crippen MR) is 107 cm³/mol. The Labute approximate surface area is 173 Å². The summed E-state index contributed by atoms with van der Waals surface area (Å²) >= 11 is 0. The molecule has 0 aliphatic heterocycles. The third-order valence-corrected chi connectivity index (χ3v) is 4.54. The molecule has 0 aliphatic carbocycles. The lowest BCUT2D eigenvalue weighted by Gasteiger charge is -2.06. The second-order valence-corrected chi connectivity index (χ2v) is 6.77. The largest absolute Gasteiger partial charge is 0.505 e. The molecular weight excluding hydrogens is 404 g/mol. The van der Waals surface area contributed by atoms with E-state index in [0.29, 0.717) is 29.4 Å². The molecule has 0 atom stereocenters. The van der Waals surface area contributed by atoms with Gasteiger partial charge in [0.25, 0.3) is 0 Å². The first kappa shape index (κ1) is 18.7. The van der Waals surface area contributed by atoms with Gasteiger partial charge in [-0.15, -0.1) is 5.10 Å². The highest BCUT2D eigenvalue weighted by atomic mass is 19.1. The van der Waals surface area contributed by atoms with Gasteiger partial charge in [-0.1, -0.05) is 23.4 Å². The van der Waals surface area contributed by atoms with E-state index in [4.69, 9.17) is 0 Å². The fourth-order valence-electron chi connectivity index (χ4n) is 3.15. The quantitative estimate of drug-likeness (QED) is 0.478.